The number of alkyl halides is 9. The van der Waals surface area contributed by atoms with E-state index in [9.17, 15) is 56.3 Å². The summed E-state index contributed by atoms with van der Waals surface area (Å²) < 4.78 is 160. The summed E-state index contributed by atoms with van der Waals surface area (Å²) in [6, 6.07) is 0. The Balaban J connectivity index is 5.27. The van der Waals surface area contributed by atoms with Crippen LogP contribution < -0.4 is 9.44 Å². The summed E-state index contributed by atoms with van der Waals surface area (Å²) in [5.74, 6) is -16.4. The highest BCUT2D eigenvalue weighted by atomic mass is 32.3. The third-order valence-corrected chi connectivity index (χ3v) is 6.85. The van der Waals surface area contributed by atoms with E-state index >= 15 is 0 Å². The van der Waals surface area contributed by atoms with Gasteiger partial charge in [0, 0.05) is 0 Å². The fourth-order valence-electron chi connectivity index (χ4n) is 1.84. The van der Waals surface area contributed by atoms with Gasteiger partial charge in [0.1, 0.15) is 5.88 Å². The van der Waals surface area contributed by atoms with E-state index in [-0.39, 0.29) is 10.7 Å². The zero-order valence-corrected chi connectivity index (χ0v) is 16.4. The maximum Gasteiger partial charge on any atom is 0.460 e. The molecule has 0 unspecified atom stereocenters. The first-order chi connectivity index (χ1) is 12.8. The van der Waals surface area contributed by atoms with Crippen molar-refractivity contribution in [1.29, 1.82) is 0 Å². The van der Waals surface area contributed by atoms with Crippen LogP contribution in [0.4, 0.5) is 39.5 Å². The molecule has 0 aromatic carbocycles. The van der Waals surface area contributed by atoms with E-state index in [1.165, 1.54) is 0 Å². The summed E-state index contributed by atoms with van der Waals surface area (Å²) in [5, 5.41) is -5.02. The van der Waals surface area contributed by atoms with Gasteiger partial charge in [0.2, 0.25) is 10.0 Å². The van der Waals surface area contributed by atoms with E-state index in [2.05, 4.69) is 5.32 Å². The molecule has 0 spiro atoms. The van der Waals surface area contributed by atoms with Crippen molar-refractivity contribution in [2.24, 2.45) is 0 Å². The molecular formula is C12H19F9N2O4S2. The highest BCUT2D eigenvalue weighted by Crippen LogP contribution is 2.54. The number of hydrogen-bond donors (Lipinski definition) is 2. The average Bonchev–Trinajstić information content (AvgIpc) is 2.51. The van der Waals surface area contributed by atoms with Crippen LogP contribution in [0.25, 0.3) is 0 Å². The van der Waals surface area contributed by atoms with Crippen molar-refractivity contribution in [1.82, 2.24) is 9.44 Å². The van der Waals surface area contributed by atoms with E-state index in [1.807, 2.05) is 6.92 Å². The number of hydrogen-bond acceptors (Lipinski definition) is 5. The minimum absolute atomic E-state index is 0.0522. The molecule has 176 valence electrons. The molecule has 29 heavy (non-hydrogen) atoms. The zero-order valence-electron chi connectivity index (χ0n) is 14.8. The Morgan fingerprint density at radius 2 is 1.21 bits per heavy atom. The van der Waals surface area contributed by atoms with Gasteiger partial charge in [-0.2, -0.15) is 39.5 Å². The van der Waals surface area contributed by atoms with E-state index < -0.39 is 49.2 Å². The van der Waals surface area contributed by atoms with Crippen molar-refractivity contribution in [3.63, 3.8) is 0 Å². The topological polar surface area (TPSA) is 92.3 Å². The molecule has 0 rings (SSSR count). The molecule has 0 bridgehead atoms. The van der Waals surface area contributed by atoms with Crippen LogP contribution >= 0.6 is 0 Å². The van der Waals surface area contributed by atoms with Gasteiger partial charge in [0.05, 0.1) is 0 Å². The SMILES string of the molecule is CCCCCCCNCS(=O)(=O)NS(=O)(=O)C(F)(F)C(F)(F)C(F)(F)C(F)(F)F. The van der Waals surface area contributed by atoms with Crippen LogP contribution in [0, 0.1) is 0 Å². The summed E-state index contributed by atoms with van der Waals surface area (Å²) in [6.07, 6.45) is -3.67. The van der Waals surface area contributed by atoms with E-state index in [0.29, 0.717) is 12.8 Å². The van der Waals surface area contributed by atoms with Crippen molar-refractivity contribution < 1.29 is 56.3 Å². The maximum absolute atomic E-state index is 13.4. The fraction of sp³-hybridized carbons (Fsp3) is 1.00. The van der Waals surface area contributed by atoms with E-state index in [0.717, 1.165) is 19.3 Å². The van der Waals surface area contributed by atoms with Crippen molar-refractivity contribution in [2.75, 3.05) is 12.4 Å². The van der Waals surface area contributed by atoms with Crippen LogP contribution in [0.5, 0.6) is 0 Å². The van der Waals surface area contributed by atoms with Crippen LogP contribution in [0.3, 0.4) is 0 Å². The number of unbranched alkanes of at least 4 members (excludes halogenated alkanes) is 4. The fourth-order valence-corrected chi connectivity index (χ4v) is 4.71. The lowest BCUT2D eigenvalue weighted by Crippen LogP contribution is -2.65. The summed E-state index contributed by atoms with van der Waals surface area (Å²) in [5.41, 5.74) is 0. The second-order valence-electron chi connectivity index (χ2n) is 5.92. The normalized spacial score (nSPS) is 15.0. The molecule has 0 aliphatic rings. The first-order valence-electron chi connectivity index (χ1n) is 7.93. The molecule has 6 nitrogen and oxygen atoms in total. The van der Waals surface area contributed by atoms with E-state index in [1.54, 1.807) is 0 Å². The summed E-state index contributed by atoms with van der Waals surface area (Å²) in [4.78, 5) is 0. The third kappa shape index (κ3) is 6.58. The summed E-state index contributed by atoms with van der Waals surface area (Å²) in [6.45, 7) is 1.87. The molecule has 0 heterocycles. The Morgan fingerprint density at radius 3 is 1.66 bits per heavy atom. The van der Waals surface area contributed by atoms with Crippen LogP contribution in [0.15, 0.2) is 0 Å². The predicted molar refractivity (Wildman–Crippen MR) is 83.5 cm³/mol. The van der Waals surface area contributed by atoms with Gasteiger partial charge in [-0.05, 0) is 13.0 Å². The Bertz CT molecular complexity index is 737. The molecule has 17 heteroatoms. The molecule has 0 saturated carbocycles. The first kappa shape index (κ1) is 28.2. The second kappa shape index (κ2) is 9.55. The lowest BCUT2D eigenvalue weighted by atomic mass is 10.1. The Labute approximate surface area is 161 Å². The van der Waals surface area contributed by atoms with E-state index in [4.69, 9.17) is 0 Å². The lowest BCUT2D eigenvalue weighted by Gasteiger charge is -2.32. The van der Waals surface area contributed by atoms with Gasteiger partial charge in [-0.1, -0.05) is 32.6 Å². The predicted octanol–water partition coefficient (Wildman–Crippen LogP) is 3.18. The molecule has 2 N–H and O–H groups in total. The maximum atomic E-state index is 13.4. The van der Waals surface area contributed by atoms with Crippen molar-refractivity contribution in [2.45, 2.75) is 62.3 Å². The lowest BCUT2D eigenvalue weighted by molar-refractivity contribution is -0.382. The van der Waals surface area contributed by atoms with Gasteiger partial charge >= 0.3 is 23.3 Å². The minimum Gasteiger partial charge on any atom is -0.303 e. The smallest absolute Gasteiger partial charge is 0.303 e. The number of sulfonamides is 2. The molecule has 0 amide bonds. The number of rotatable bonds is 13. The first-order valence-corrected chi connectivity index (χ1v) is 11.1. The van der Waals surface area contributed by atoms with Gasteiger partial charge in [0.25, 0.3) is 10.0 Å². The second-order valence-corrected chi connectivity index (χ2v) is 9.63. The zero-order chi connectivity index (χ0) is 23.4. The molecule has 0 aliphatic heterocycles. The Kier molecular flexibility index (Phi) is 9.28. The van der Waals surface area contributed by atoms with Crippen molar-refractivity contribution >= 4 is 20.0 Å². The summed E-state index contributed by atoms with van der Waals surface area (Å²) in [7, 11) is -12.6. The molecule has 0 radical (unpaired) electrons. The van der Waals surface area contributed by atoms with Crippen molar-refractivity contribution in [3.05, 3.63) is 0 Å². The molecule has 0 aromatic rings. The number of halogens is 9. The number of nitrogens with one attached hydrogen (secondary N) is 2. The molecule has 0 aliphatic carbocycles. The standard InChI is InChI=1S/C12H19F9N2O4S2/c1-2-3-4-5-6-7-22-8-28(24,25)23-29(26,27)12(20,21)10(15,16)9(13,14)11(17,18)19/h22-23H,2-8H2,1H3. The molecule has 0 aromatic heterocycles. The third-order valence-electron chi connectivity index (χ3n) is 3.44. The molecule has 0 saturated heterocycles. The molecular weight excluding hydrogens is 471 g/mol. The Hall–Kier alpha value is -0.810. The van der Waals surface area contributed by atoms with Crippen LogP contribution in [0.1, 0.15) is 39.0 Å². The highest BCUT2D eigenvalue weighted by molar-refractivity contribution is 8.05. The molecule has 0 atom stereocenters. The molecule has 0 fully saturated rings. The van der Waals surface area contributed by atoms with Gasteiger partial charge in [-0.15, -0.1) is 4.13 Å². The van der Waals surface area contributed by atoms with Gasteiger partial charge in [0.15, 0.2) is 0 Å². The van der Waals surface area contributed by atoms with Crippen molar-refractivity contribution in [3.8, 4) is 0 Å². The van der Waals surface area contributed by atoms with Crippen LogP contribution in [-0.2, 0) is 20.0 Å². The average molecular weight is 490 g/mol. The van der Waals surface area contributed by atoms with Gasteiger partial charge in [-0.3, -0.25) is 0 Å². The van der Waals surface area contributed by atoms with Gasteiger partial charge in [-0.25, -0.2) is 16.8 Å². The van der Waals surface area contributed by atoms with Gasteiger partial charge < -0.3 is 5.32 Å². The Morgan fingerprint density at radius 1 is 0.724 bits per heavy atom. The minimum atomic E-state index is -7.51. The largest absolute Gasteiger partial charge is 0.460 e. The quantitative estimate of drug-likeness (QED) is 0.306. The summed E-state index contributed by atoms with van der Waals surface area (Å²) >= 11 is 0. The highest BCUT2D eigenvalue weighted by Gasteiger charge is 2.85. The van der Waals surface area contributed by atoms with Crippen LogP contribution in [-0.4, -0.2) is 52.5 Å². The van der Waals surface area contributed by atoms with Crippen LogP contribution in [0.2, 0.25) is 0 Å². The monoisotopic (exact) mass is 490 g/mol.